The van der Waals surface area contributed by atoms with Gasteiger partial charge in [0.1, 0.15) is 16.8 Å². The molecule has 0 aliphatic rings. The van der Waals surface area contributed by atoms with Crippen molar-refractivity contribution in [3.05, 3.63) is 17.0 Å². The van der Waals surface area contributed by atoms with Crippen LogP contribution in [-0.2, 0) is 6.42 Å². The van der Waals surface area contributed by atoms with Crippen LogP contribution in [-0.4, -0.2) is 16.0 Å². The molecule has 1 aromatic heterocycles. The van der Waals surface area contributed by atoms with Crippen LogP contribution in [0.3, 0.4) is 0 Å². The second kappa shape index (κ2) is 6.04. The molecule has 0 aromatic carbocycles. The highest BCUT2D eigenvalue weighted by Crippen LogP contribution is 2.15. The average Bonchev–Trinajstić information content (AvgIpc) is 2.14. The molecule has 3 nitrogen and oxygen atoms in total. The lowest BCUT2D eigenvalue weighted by Gasteiger charge is -2.16. The fourth-order valence-electron chi connectivity index (χ4n) is 1.72. The molecule has 0 radical (unpaired) electrons. The number of nitrogens with one attached hydrogen (secondary N) is 1. The lowest BCUT2D eigenvalue weighted by atomic mass is 10.1. The predicted octanol–water partition coefficient (Wildman–Crippen LogP) is 3.54. The molecule has 1 rings (SSSR count). The van der Waals surface area contributed by atoms with E-state index in [1.807, 2.05) is 6.92 Å². The van der Waals surface area contributed by atoms with Gasteiger partial charge in [-0.3, -0.25) is 0 Å². The maximum Gasteiger partial charge on any atom is 0.134 e. The zero-order chi connectivity index (χ0) is 12.1. The molecule has 1 heterocycles. The van der Waals surface area contributed by atoms with Crippen LogP contribution in [0.1, 0.15) is 39.9 Å². The normalized spacial score (nSPS) is 12.9. The van der Waals surface area contributed by atoms with Crippen LogP contribution < -0.4 is 5.32 Å². The van der Waals surface area contributed by atoms with Crippen LogP contribution in [0.2, 0.25) is 5.15 Å². The van der Waals surface area contributed by atoms with Crippen LogP contribution in [0.5, 0.6) is 0 Å². The molecule has 0 bridgehead atoms. The summed E-state index contributed by atoms with van der Waals surface area (Å²) in [5.74, 6) is 2.28. The van der Waals surface area contributed by atoms with E-state index in [9.17, 15) is 0 Å². The van der Waals surface area contributed by atoms with E-state index in [1.165, 1.54) is 0 Å². The molecule has 4 heteroatoms. The summed E-state index contributed by atoms with van der Waals surface area (Å²) in [5, 5.41) is 3.86. The lowest BCUT2D eigenvalue weighted by Crippen LogP contribution is -2.18. The Morgan fingerprint density at radius 3 is 2.56 bits per heavy atom. The van der Waals surface area contributed by atoms with Gasteiger partial charge in [-0.25, -0.2) is 9.97 Å². The summed E-state index contributed by atoms with van der Waals surface area (Å²) < 4.78 is 0. The molecule has 0 aliphatic carbocycles. The zero-order valence-corrected chi connectivity index (χ0v) is 11.2. The van der Waals surface area contributed by atoms with Crippen molar-refractivity contribution in [1.82, 2.24) is 9.97 Å². The number of rotatable bonds is 5. The highest BCUT2D eigenvalue weighted by molar-refractivity contribution is 6.29. The summed E-state index contributed by atoms with van der Waals surface area (Å²) >= 11 is 5.93. The molecule has 0 amide bonds. The minimum Gasteiger partial charge on any atom is -0.367 e. The van der Waals surface area contributed by atoms with E-state index < -0.39 is 0 Å². The number of aryl methyl sites for hydroxylation is 1. The first-order chi connectivity index (χ1) is 7.51. The molecule has 1 aromatic rings. The first-order valence-electron chi connectivity index (χ1n) is 5.81. The van der Waals surface area contributed by atoms with Crippen LogP contribution in [0.4, 0.5) is 5.82 Å². The standard InChI is InChI=1S/C12H20ClN3/c1-5-11-15-10(13)7-12(16-11)14-9(4)6-8(2)3/h7-9H,5-6H2,1-4H3,(H,14,15,16). The van der Waals surface area contributed by atoms with Gasteiger partial charge in [-0.2, -0.15) is 0 Å². The Balaban J connectivity index is 2.69. The highest BCUT2D eigenvalue weighted by atomic mass is 35.5. The van der Waals surface area contributed by atoms with Crippen LogP contribution in [0.25, 0.3) is 0 Å². The van der Waals surface area contributed by atoms with Crippen molar-refractivity contribution in [2.75, 3.05) is 5.32 Å². The predicted molar refractivity (Wildman–Crippen MR) is 69.0 cm³/mol. The highest BCUT2D eigenvalue weighted by Gasteiger charge is 2.07. The number of hydrogen-bond acceptors (Lipinski definition) is 3. The molecule has 16 heavy (non-hydrogen) atoms. The second-order valence-corrected chi connectivity index (χ2v) is 4.91. The fourth-order valence-corrected chi connectivity index (χ4v) is 1.92. The van der Waals surface area contributed by atoms with Gasteiger partial charge in [-0.05, 0) is 19.3 Å². The van der Waals surface area contributed by atoms with Gasteiger partial charge < -0.3 is 5.32 Å². The Bertz CT molecular complexity index is 339. The van der Waals surface area contributed by atoms with Crippen LogP contribution >= 0.6 is 11.6 Å². The SMILES string of the molecule is CCc1nc(Cl)cc(NC(C)CC(C)C)n1. The first kappa shape index (κ1) is 13.2. The summed E-state index contributed by atoms with van der Waals surface area (Å²) in [6, 6.07) is 2.17. The van der Waals surface area contributed by atoms with E-state index in [-0.39, 0.29) is 0 Å². The maximum atomic E-state index is 5.93. The molecule has 1 N–H and O–H groups in total. The average molecular weight is 242 g/mol. The number of anilines is 1. The Kier molecular flexibility index (Phi) is 5.00. The van der Waals surface area contributed by atoms with Crippen molar-refractivity contribution in [3.8, 4) is 0 Å². The monoisotopic (exact) mass is 241 g/mol. The fraction of sp³-hybridized carbons (Fsp3) is 0.667. The van der Waals surface area contributed by atoms with E-state index >= 15 is 0 Å². The number of halogens is 1. The topological polar surface area (TPSA) is 37.8 Å². The van der Waals surface area contributed by atoms with Gasteiger partial charge in [0.25, 0.3) is 0 Å². The largest absolute Gasteiger partial charge is 0.367 e. The second-order valence-electron chi connectivity index (χ2n) is 4.52. The lowest BCUT2D eigenvalue weighted by molar-refractivity contribution is 0.538. The Hall–Kier alpha value is -0.830. The minimum atomic E-state index is 0.399. The molecular formula is C12H20ClN3. The van der Waals surface area contributed by atoms with E-state index in [0.717, 1.165) is 24.5 Å². The molecule has 0 fully saturated rings. The van der Waals surface area contributed by atoms with E-state index in [1.54, 1.807) is 6.07 Å². The molecule has 0 saturated carbocycles. The number of aromatic nitrogens is 2. The zero-order valence-electron chi connectivity index (χ0n) is 10.4. The van der Waals surface area contributed by atoms with E-state index in [2.05, 4.69) is 36.1 Å². The summed E-state index contributed by atoms with van der Waals surface area (Å²) in [4.78, 5) is 8.53. The first-order valence-corrected chi connectivity index (χ1v) is 6.19. The quantitative estimate of drug-likeness (QED) is 0.802. The number of nitrogens with zero attached hydrogens (tertiary/aromatic N) is 2. The van der Waals surface area contributed by atoms with Crippen molar-refractivity contribution in [1.29, 1.82) is 0 Å². The van der Waals surface area contributed by atoms with Gasteiger partial charge in [-0.15, -0.1) is 0 Å². The smallest absolute Gasteiger partial charge is 0.134 e. The van der Waals surface area contributed by atoms with Crippen molar-refractivity contribution >= 4 is 17.4 Å². The van der Waals surface area contributed by atoms with Crippen molar-refractivity contribution < 1.29 is 0 Å². The molecule has 1 unspecified atom stereocenters. The van der Waals surface area contributed by atoms with Crippen LogP contribution in [0.15, 0.2) is 6.07 Å². The van der Waals surface area contributed by atoms with Gasteiger partial charge in [0, 0.05) is 18.5 Å². The Morgan fingerprint density at radius 1 is 1.31 bits per heavy atom. The summed E-state index contributed by atoms with van der Waals surface area (Å²) in [5.41, 5.74) is 0. The molecule has 0 spiro atoms. The van der Waals surface area contributed by atoms with Gasteiger partial charge in [0.15, 0.2) is 0 Å². The van der Waals surface area contributed by atoms with Crippen LogP contribution in [0, 0.1) is 5.92 Å². The third kappa shape index (κ3) is 4.35. The molecule has 90 valence electrons. The molecule has 0 aliphatic heterocycles. The van der Waals surface area contributed by atoms with E-state index in [4.69, 9.17) is 11.6 Å². The third-order valence-corrected chi connectivity index (χ3v) is 2.47. The van der Waals surface area contributed by atoms with Crippen molar-refractivity contribution in [2.45, 2.75) is 46.6 Å². The van der Waals surface area contributed by atoms with Crippen molar-refractivity contribution in [2.24, 2.45) is 5.92 Å². The third-order valence-electron chi connectivity index (χ3n) is 2.28. The van der Waals surface area contributed by atoms with Gasteiger partial charge in [-0.1, -0.05) is 32.4 Å². The molecule has 1 atom stereocenters. The van der Waals surface area contributed by atoms with Gasteiger partial charge in [0.2, 0.25) is 0 Å². The summed E-state index contributed by atoms with van der Waals surface area (Å²) in [6.45, 7) is 8.60. The van der Waals surface area contributed by atoms with Gasteiger partial charge >= 0.3 is 0 Å². The summed E-state index contributed by atoms with van der Waals surface area (Å²) in [6.07, 6.45) is 1.91. The van der Waals surface area contributed by atoms with Crippen molar-refractivity contribution in [3.63, 3.8) is 0 Å². The minimum absolute atomic E-state index is 0.399. The molecule has 0 saturated heterocycles. The number of hydrogen-bond donors (Lipinski definition) is 1. The summed E-state index contributed by atoms with van der Waals surface area (Å²) in [7, 11) is 0. The van der Waals surface area contributed by atoms with E-state index in [0.29, 0.717) is 17.1 Å². The van der Waals surface area contributed by atoms with Gasteiger partial charge in [0.05, 0.1) is 0 Å². The Morgan fingerprint density at radius 2 is 2.00 bits per heavy atom. The Labute approximate surface area is 103 Å². The molecular weight excluding hydrogens is 222 g/mol. The maximum absolute atomic E-state index is 5.93.